The van der Waals surface area contributed by atoms with Crippen LogP contribution < -0.4 is 14.9 Å². The van der Waals surface area contributed by atoms with Crippen LogP contribution in [0, 0.1) is 12.8 Å². The molecule has 12 heteroatoms. The average Bonchev–Trinajstić information content (AvgIpc) is 3.63. The van der Waals surface area contributed by atoms with E-state index in [9.17, 15) is 18.0 Å². The fourth-order valence-electron chi connectivity index (χ4n) is 4.48. The molecule has 1 aliphatic heterocycles. The Morgan fingerprint density at radius 1 is 1.05 bits per heavy atom. The van der Waals surface area contributed by atoms with Crippen LogP contribution in [0.2, 0.25) is 5.02 Å². The maximum absolute atomic E-state index is 13.0. The number of aryl methyl sites for hydroxylation is 1. The van der Waals surface area contributed by atoms with Crippen molar-refractivity contribution in [2.45, 2.75) is 19.8 Å². The number of aromatic nitrogens is 1. The maximum atomic E-state index is 13.0. The summed E-state index contributed by atoms with van der Waals surface area (Å²) in [7, 11) is -3.49. The fourth-order valence-corrected chi connectivity index (χ4v) is 6.19. The zero-order valence-corrected chi connectivity index (χ0v) is 23.4. The molecule has 1 aliphatic carbocycles. The Kier molecular flexibility index (Phi) is 7.34. The zero-order valence-electron chi connectivity index (χ0n) is 21.0. The second-order valence-corrected chi connectivity index (χ2v) is 13.1. The Morgan fingerprint density at radius 2 is 1.76 bits per heavy atom. The molecule has 38 heavy (non-hydrogen) atoms. The van der Waals surface area contributed by atoms with Crippen LogP contribution in [0.25, 0.3) is 11.3 Å². The van der Waals surface area contributed by atoms with Gasteiger partial charge in [0, 0.05) is 53.2 Å². The van der Waals surface area contributed by atoms with Gasteiger partial charge >= 0.3 is 0 Å². The molecular formula is C26H28ClN5O4S2. The number of piperazine rings is 1. The number of hydrogen-bond acceptors (Lipinski definition) is 7. The van der Waals surface area contributed by atoms with Gasteiger partial charge in [-0.05, 0) is 56.2 Å². The molecule has 9 nitrogen and oxygen atoms in total. The highest BCUT2D eigenvalue weighted by Gasteiger charge is 2.34. The molecule has 1 saturated heterocycles. The number of amides is 2. The van der Waals surface area contributed by atoms with Crippen LogP contribution in [-0.2, 0) is 14.8 Å². The average molecular weight is 574 g/mol. The van der Waals surface area contributed by atoms with Gasteiger partial charge in [-0.3, -0.25) is 19.3 Å². The minimum absolute atomic E-state index is 0.253. The molecule has 5 rings (SSSR count). The third kappa shape index (κ3) is 6.28. The Hall–Kier alpha value is -3.15. The number of carbonyl (C=O) groups excluding carboxylic acids is 2. The van der Waals surface area contributed by atoms with Crippen molar-refractivity contribution in [3.05, 3.63) is 57.4 Å². The highest BCUT2D eigenvalue weighted by molar-refractivity contribution is 7.92. The van der Waals surface area contributed by atoms with Crippen LogP contribution in [0.4, 0.5) is 17.1 Å². The van der Waals surface area contributed by atoms with Crippen LogP contribution >= 0.6 is 22.9 Å². The number of nitrogens with one attached hydrogen (secondary N) is 2. The molecule has 0 unspecified atom stereocenters. The van der Waals surface area contributed by atoms with Gasteiger partial charge in [-0.2, -0.15) is 0 Å². The van der Waals surface area contributed by atoms with E-state index in [1.807, 2.05) is 30.2 Å². The topological polar surface area (TPSA) is 112 Å². The van der Waals surface area contributed by atoms with E-state index in [2.05, 4.69) is 19.9 Å². The van der Waals surface area contributed by atoms with E-state index in [1.165, 1.54) is 23.5 Å². The van der Waals surface area contributed by atoms with Crippen LogP contribution in [0.1, 0.15) is 27.4 Å². The second-order valence-electron chi connectivity index (χ2n) is 9.63. The van der Waals surface area contributed by atoms with Crippen LogP contribution in [-0.4, -0.2) is 62.6 Å². The number of sulfonamides is 1. The third-order valence-corrected chi connectivity index (χ3v) is 8.38. The van der Waals surface area contributed by atoms with Crippen LogP contribution in [0.5, 0.6) is 0 Å². The lowest BCUT2D eigenvalue weighted by Crippen LogP contribution is -2.49. The van der Waals surface area contributed by atoms with Gasteiger partial charge in [0.2, 0.25) is 15.9 Å². The van der Waals surface area contributed by atoms with Crippen molar-refractivity contribution >= 4 is 61.8 Å². The predicted octanol–water partition coefficient (Wildman–Crippen LogP) is 4.45. The molecule has 2 fully saturated rings. The largest absolute Gasteiger partial charge is 0.367 e. The Balaban J connectivity index is 1.25. The summed E-state index contributed by atoms with van der Waals surface area (Å²) in [5, 5.41) is 3.08. The highest BCUT2D eigenvalue weighted by Crippen LogP contribution is 2.33. The highest BCUT2D eigenvalue weighted by atomic mass is 35.5. The van der Waals surface area contributed by atoms with Gasteiger partial charge in [0.05, 0.1) is 34.4 Å². The molecule has 3 aromatic rings. The SMILES string of the molecule is Cc1sc(C(=O)Nc2cc(Cl)cc(NS(C)(=O)=O)c2)cc1-c1ccc(N2CCN(C(=O)C3CC3)CC2)cn1. The van der Waals surface area contributed by atoms with Crippen molar-refractivity contribution < 1.29 is 18.0 Å². The number of carbonyl (C=O) groups is 2. The first-order chi connectivity index (χ1) is 18.1. The number of rotatable bonds is 7. The fraction of sp³-hybridized carbons (Fsp3) is 0.346. The van der Waals surface area contributed by atoms with Crippen molar-refractivity contribution in [3.63, 3.8) is 0 Å². The van der Waals surface area contributed by atoms with E-state index in [0.29, 0.717) is 16.5 Å². The summed E-state index contributed by atoms with van der Waals surface area (Å²) in [6.07, 6.45) is 4.94. The molecule has 0 spiro atoms. The quantitative estimate of drug-likeness (QED) is 0.432. The summed E-state index contributed by atoms with van der Waals surface area (Å²) in [5.41, 5.74) is 3.29. The van der Waals surface area contributed by atoms with Crippen LogP contribution in [0.15, 0.2) is 42.6 Å². The van der Waals surface area contributed by atoms with Crippen molar-refractivity contribution in [2.24, 2.45) is 5.92 Å². The number of pyridine rings is 1. The lowest BCUT2D eigenvalue weighted by atomic mass is 10.1. The maximum Gasteiger partial charge on any atom is 0.265 e. The first kappa shape index (κ1) is 26.5. The third-order valence-electron chi connectivity index (χ3n) is 6.51. The summed E-state index contributed by atoms with van der Waals surface area (Å²) in [4.78, 5) is 35.6. The first-order valence-corrected chi connectivity index (χ1v) is 15.3. The Labute approximate surface area is 230 Å². The van der Waals surface area contributed by atoms with Gasteiger partial charge in [0.25, 0.3) is 5.91 Å². The minimum atomic E-state index is -3.49. The van der Waals surface area contributed by atoms with Gasteiger partial charge in [-0.1, -0.05) is 11.6 Å². The number of hydrogen-bond donors (Lipinski definition) is 2. The van der Waals surface area contributed by atoms with Gasteiger partial charge in [-0.25, -0.2) is 8.42 Å². The summed E-state index contributed by atoms with van der Waals surface area (Å²) < 4.78 is 25.5. The smallest absolute Gasteiger partial charge is 0.265 e. The number of thiophene rings is 1. The molecule has 2 aliphatic rings. The monoisotopic (exact) mass is 573 g/mol. The van der Waals surface area contributed by atoms with E-state index in [-0.39, 0.29) is 22.5 Å². The van der Waals surface area contributed by atoms with Gasteiger partial charge < -0.3 is 15.1 Å². The lowest BCUT2D eigenvalue weighted by molar-refractivity contribution is -0.132. The van der Waals surface area contributed by atoms with Crippen molar-refractivity contribution in [3.8, 4) is 11.3 Å². The normalized spacial score (nSPS) is 15.9. The summed E-state index contributed by atoms with van der Waals surface area (Å²) >= 11 is 7.46. The lowest BCUT2D eigenvalue weighted by Gasteiger charge is -2.36. The van der Waals surface area contributed by atoms with Crippen LogP contribution in [0.3, 0.4) is 0 Å². The van der Waals surface area contributed by atoms with Crippen molar-refractivity contribution in [1.29, 1.82) is 0 Å². The molecule has 2 aromatic heterocycles. The van der Waals surface area contributed by atoms with Gasteiger partial charge in [0.15, 0.2) is 0 Å². The molecule has 2 amide bonds. The van der Waals surface area contributed by atoms with Crippen molar-refractivity contribution in [2.75, 3.05) is 47.4 Å². The zero-order chi connectivity index (χ0) is 27.0. The Morgan fingerprint density at radius 3 is 2.39 bits per heavy atom. The molecule has 1 aromatic carbocycles. The number of benzene rings is 1. The molecule has 0 bridgehead atoms. The van der Waals surface area contributed by atoms with E-state index in [4.69, 9.17) is 11.6 Å². The molecule has 0 atom stereocenters. The Bertz CT molecular complexity index is 1480. The molecule has 200 valence electrons. The second kappa shape index (κ2) is 10.5. The van der Waals surface area contributed by atoms with E-state index in [1.54, 1.807) is 12.1 Å². The molecule has 0 radical (unpaired) electrons. The summed E-state index contributed by atoms with van der Waals surface area (Å²) in [5.74, 6) is 0.225. The predicted molar refractivity (Wildman–Crippen MR) is 152 cm³/mol. The number of anilines is 3. The molecular weight excluding hydrogens is 546 g/mol. The summed E-state index contributed by atoms with van der Waals surface area (Å²) in [6, 6.07) is 10.3. The summed E-state index contributed by atoms with van der Waals surface area (Å²) in [6.45, 7) is 4.98. The number of nitrogens with zero attached hydrogens (tertiary/aromatic N) is 3. The first-order valence-electron chi connectivity index (χ1n) is 12.3. The minimum Gasteiger partial charge on any atom is -0.367 e. The van der Waals surface area contributed by atoms with Crippen molar-refractivity contribution in [1.82, 2.24) is 9.88 Å². The van der Waals surface area contributed by atoms with Gasteiger partial charge in [-0.15, -0.1) is 11.3 Å². The molecule has 3 heterocycles. The van der Waals surface area contributed by atoms with E-state index in [0.717, 1.165) is 67.1 Å². The molecule has 2 N–H and O–H groups in total. The van der Waals surface area contributed by atoms with E-state index < -0.39 is 10.0 Å². The van der Waals surface area contributed by atoms with E-state index >= 15 is 0 Å². The molecule has 1 saturated carbocycles. The standard InChI is InChI=1S/C26H28ClN5O4S2/c1-16-22(14-24(37-16)25(33)29-19-11-18(27)12-20(13-19)30-38(2,35)36)23-6-5-21(15-28-23)31-7-9-32(10-8-31)26(34)17-3-4-17/h5-6,11-15,17,30H,3-4,7-10H2,1-2H3,(H,29,33). The number of halogens is 1. The van der Waals surface area contributed by atoms with Gasteiger partial charge in [0.1, 0.15) is 0 Å².